The molecule has 1 saturated heterocycles. The highest BCUT2D eigenvalue weighted by Gasteiger charge is 2.56. The van der Waals surface area contributed by atoms with Crippen molar-refractivity contribution in [2.45, 2.75) is 38.3 Å². The molecule has 1 atom stereocenters. The number of thioether (sulfide) groups is 1. The monoisotopic (exact) mass is 214 g/mol. The second kappa shape index (κ2) is 3.74. The Morgan fingerprint density at radius 2 is 2.36 bits per heavy atom. The second-order valence-electron chi connectivity index (χ2n) is 4.20. The Morgan fingerprint density at radius 1 is 1.64 bits per heavy atom. The fraction of sp³-hybridized carbons (Fsp3) is 0.900. The number of rotatable bonds is 4. The summed E-state index contributed by atoms with van der Waals surface area (Å²) in [5, 5.41) is 3.33. The quantitative estimate of drug-likeness (QED) is 0.759. The zero-order chi connectivity index (χ0) is 10.2. The van der Waals surface area contributed by atoms with Crippen LogP contribution in [0.4, 0.5) is 0 Å². The lowest BCUT2D eigenvalue weighted by molar-refractivity contribution is -0.130. The van der Waals surface area contributed by atoms with Crippen LogP contribution in [0.3, 0.4) is 0 Å². The molecule has 1 N–H and O–H groups in total. The Labute approximate surface area is 89.6 Å². The van der Waals surface area contributed by atoms with Gasteiger partial charge in [-0.25, -0.2) is 0 Å². The summed E-state index contributed by atoms with van der Waals surface area (Å²) in [5.41, 5.74) is -0.120. The fourth-order valence-corrected chi connectivity index (χ4v) is 2.67. The standard InChI is InChI=1S/C10H18N2OS/c1-3-14-6-8(2)12-7-11-10(4-5-10)9(12)13/h8,11H,3-7H2,1-2H3. The molecule has 4 heteroatoms. The summed E-state index contributed by atoms with van der Waals surface area (Å²) in [4.78, 5) is 13.9. The maximum atomic E-state index is 11.9. The van der Waals surface area contributed by atoms with Gasteiger partial charge in [-0.15, -0.1) is 0 Å². The molecule has 1 aliphatic heterocycles. The molecule has 0 aromatic rings. The predicted octanol–water partition coefficient (Wildman–Crippen LogP) is 1.05. The lowest BCUT2D eigenvalue weighted by Gasteiger charge is -2.23. The van der Waals surface area contributed by atoms with E-state index in [2.05, 4.69) is 19.2 Å². The van der Waals surface area contributed by atoms with E-state index >= 15 is 0 Å². The van der Waals surface area contributed by atoms with Crippen LogP contribution in [0.1, 0.15) is 26.7 Å². The van der Waals surface area contributed by atoms with Crippen LogP contribution in [-0.2, 0) is 4.79 Å². The van der Waals surface area contributed by atoms with E-state index in [1.54, 1.807) is 0 Å². The van der Waals surface area contributed by atoms with Crippen molar-refractivity contribution >= 4 is 17.7 Å². The van der Waals surface area contributed by atoms with Gasteiger partial charge in [-0.2, -0.15) is 11.8 Å². The van der Waals surface area contributed by atoms with Gasteiger partial charge in [0.05, 0.1) is 12.2 Å². The van der Waals surface area contributed by atoms with E-state index in [0.717, 1.165) is 31.0 Å². The van der Waals surface area contributed by atoms with E-state index in [1.165, 1.54) is 0 Å². The minimum atomic E-state index is -0.120. The largest absolute Gasteiger partial charge is 0.325 e. The van der Waals surface area contributed by atoms with E-state index in [-0.39, 0.29) is 5.54 Å². The van der Waals surface area contributed by atoms with Crippen LogP contribution in [0.25, 0.3) is 0 Å². The van der Waals surface area contributed by atoms with E-state index in [9.17, 15) is 4.79 Å². The van der Waals surface area contributed by atoms with Gasteiger partial charge in [-0.05, 0) is 25.5 Å². The molecule has 0 bridgehead atoms. The first-order valence-corrected chi connectivity index (χ1v) is 6.49. The van der Waals surface area contributed by atoms with Gasteiger partial charge in [-0.1, -0.05) is 6.92 Å². The number of nitrogens with one attached hydrogen (secondary N) is 1. The van der Waals surface area contributed by atoms with Crippen molar-refractivity contribution in [2.75, 3.05) is 18.2 Å². The highest BCUT2D eigenvalue weighted by molar-refractivity contribution is 7.99. The average Bonchev–Trinajstić information content (AvgIpc) is 2.88. The summed E-state index contributed by atoms with van der Waals surface area (Å²) in [5.74, 6) is 2.52. The summed E-state index contributed by atoms with van der Waals surface area (Å²) in [7, 11) is 0. The molecule has 14 heavy (non-hydrogen) atoms. The highest BCUT2D eigenvalue weighted by Crippen LogP contribution is 2.40. The SMILES string of the molecule is CCSCC(C)N1CNC2(CC2)C1=O. The Bertz CT molecular complexity index is 240. The van der Waals surface area contributed by atoms with Crippen LogP contribution in [0.15, 0.2) is 0 Å². The molecule has 1 aliphatic carbocycles. The first-order chi connectivity index (χ1) is 6.69. The van der Waals surface area contributed by atoms with Crippen molar-refractivity contribution < 1.29 is 4.79 Å². The van der Waals surface area contributed by atoms with Crippen molar-refractivity contribution in [1.29, 1.82) is 0 Å². The molecule has 1 saturated carbocycles. The Balaban J connectivity index is 1.89. The van der Waals surface area contributed by atoms with E-state index < -0.39 is 0 Å². The van der Waals surface area contributed by atoms with Crippen LogP contribution < -0.4 is 5.32 Å². The predicted molar refractivity (Wildman–Crippen MR) is 59.3 cm³/mol. The summed E-state index contributed by atoms with van der Waals surface area (Å²) in [6, 6.07) is 0.375. The minimum absolute atomic E-state index is 0.120. The molecule has 2 aliphatic rings. The molecule has 2 rings (SSSR count). The Morgan fingerprint density at radius 3 is 2.86 bits per heavy atom. The lowest BCUT2D eigenvalue weighted by atomic mass is 10.2. The smallest absolute Gasteiger partial charge is 0.244 e. The van der Waals surface area contributed by atoms with Crippen molar-refractivity contribution in [3.05, 3.63) is 0 Å². The summed E-state index contributed by atoms with van der Waals surface area (Å²) >= 11 is 1.90. The zero-order valence-electron chi connectivity index (χ0n) is 8.88. The van der Waals surface area contributed by atoms with Crippen molar-refractivity contribution in [2.24, 2.45) is 0 Å². The number of carbonyl (C=O) groups is 1. The molecule has 2 fully saturated rings. The summed E-state index contributed by atoms with van der Waals surface area (Å²) < 4.78 is 0. The molecule has 1 spiro atoms. The molecule has 1 unspecified atom stereocenters. The van der Waals surface area contributed by atoms with Crippen molar-refractivity contribution in [3.8, 4) is 0 Å². The van der Waals surface area contributed by atoms with Gasteiger partial charge >= 0.3 is 0 Å². The van der Waals surface area contributed by atoms with Gasteiger partial charge < -0.3 is 4.90 Å². The topological polar surface area (TPSA) is 32.3 Å². The Kier molecular flexibility index (Phi) is 2.75. The van der Waals surface area contributed by atoms with Gasteiger partial charge in [0.15, 0.2) is 0 Å². The van der Waals surface area contributed by atoms with Gasteiger partial charge in [0, 0.05) is 11.8 Å². The maximum Gasteiger partial charge on any atom is 0.244 e. The average molecular weight is 214 g/mol. The number of hydrogen-bond donors (Lipinski definition) is 1. The molecule has 1 heterocycles. The second-order valence-corrected chi connectivity index (χ2v) is 5.52. The number of hydrogen-bond acceptors (Lipinski definition) is 3. The first kappa shape index (κ1) is 10.3. The third kappa shape index (κ3) is 1.65. The van der Waals surface area contributed by atoms with Gasteiger partial charge in [-0.3, -0.25) is 10.1 Å². The van der Waals surface area contributed by atoms with E-state index in [1.807, 2.05) is 16.7 Å². The van der Waals surface area contributed by atoms with Crippen molar-refractivity contribution in [3.63, 3.8) is 0 Å². The van der Waals surface area contributed by atoms with Crippen LogP contribution in [0.5, 0.6) is 0 Å². The maximum absolute atomic E-state index is 11.9. The highest BCUT2D eigenvalue weighted by atomic mass is 32.2. The van der Waals surface area contributed by atoms with E-state index in [4.69, 9.17) is 0 Å². The molecular weight excluding hydrogens is 196 g/mol. The number of carbonyl (C=O) groups excluding carboxylic acids is 1. The van der Waals surface area contributed by atoms with Gasteiger partial charge in [0.1, 0.15) is 0 Å². The normalized spacial score (nSPS) is 25.9. The van der Waals surface area contributed by atoms with Crippen LogP contribution in [0, 0.1) is 0 Å². The van der Waals surface area contributed by atoms with Gasteiger partial charge in [0.25, 0.3) is 0 Å². The molecule has 0 aromatic carbocycles. The minimum Gasteiger partial charge on any atom is -0.325 e. The van der Waals surface area contributed by atoms with E-state index in [0.29, 0.717) is 11.9 Å². The van der Waals surface area contributed by atoms with Gasteiger partial charge in [0.2, 0.25) is 5.91 Å². The third-order valence-electron chi connectivity index (χ3n) is 3.10. The molecular formula is C10H18N2OS. The number of amides is 1. The molecule has 3 nitrogen and oxygen atoms in total. The van der Waals surface area contributed by atoms with Crippen LogP contribution >= 0.6 is 11.8 Å². The fourth-order valence-electron chi connectivity index (χ4n) is 1.91. The van der Waals surface area contributed by atoms with Crippen LogP contribution in [0.2, 0.25) is 0 Å². The lowest BCUT2D eigenvalue weighted by Crippen LogP contribution is -2.39. The summed E-state index contributed by atoms with van der Waals surface area (Å²) in [6.07, 6.45) is 2.08. The zero-order valence-corrected chi connectivity index (χ0v) is 9.69. The Hall–Kier alpha value is -0.220. The molecule has 1 amide bonds. The van der Waals surface area contributed by atoms with Crippen LogP contribution in [-0.4, -0.2) is 40.6 Å². The molecule has 0 radical (unpaired) electrons. The first-order valence-electron chi connectivity index (χ1n) is 5.33. The molecule has 0 aromatic heterocycles. The third-order valence-corrected chi connectivity index (χ3v) is 4.23. The summed E-state index contributed by atoms with van der Waals surface area (Å²) in [6.45, 7) is 5.05. The molecule has 80 valence electrons. The number of nitrogens with zero attached hydrogens (tertiary/aromatic N) is 1. The van der Waals surface area contributed by atoms with Crippen molar-refractivity contribution in [1.82, 2.24) is 10.2 Å².